The minimum Gasteiger partial charge on any atom is -0.376 e. The molecule has 1 heterocycles. The van der Waals surface area contributed by atoms with Gasteiger partial charge in [0.25, 0.3) is 0 Å². The zero-order chi connectivity index (χ0) is 5.82. The molecule has 1 saturated heterocycles. The van der Waals surface area contributed by atoms with E-state index in [4.69, 9.17) is 9.47 Å². The first kappa shape index (κ1) is 5.98. The summed E-state index contributed by atoms with van der Waals surface area (Å²) in [5, 5.41) is 0. The zero-order valence-electron chi connectivity index (χ0n) is 4.52. The lowest BCUT2D eigenvalue weighted by atomic mass is 10.4. The summed E-state index contributed by atoms with van der Waals surface area (Å²) in [6, 6.07) is 0. The number of hydrogen-bond acceptors (Lipinski definition) is 2. The Labute approximate surface area is 47.6 Å². The van der Waals surface area contributed by atoms with Crippen molar-refractivity contribution in [3.63, 3.8) is 0 Å². The van der Waals surface area contributed by atoms with Crippen molar-refractivity contribution in [2.45, 2.75) is 0 Å². The summed E-state index contributed by atoms with van der Waals surface area (Å²) < 4.78 is 21.6. The predicted octanol–water partition coefficient (Wildman–Crippen LogP) is 0.535. The number of rotatable bonds is 0. The Morgan fingerprint density at radius 2 is 1.62 bits per heavy atom. The standard InChI is InChI=1S/C5H8FO2/c6-5-3-7-1-2-8-4-5/h1-4H2. The molecule has 2 nitrogen and oxygen atoms in total. The molecule has 0 atom stereocenters. The van der Waals surface area contributed by atoms with Crippen LogP contribution in [0.5, 0.6) is 0 Å². The maximum Gasteiger partial charge on any atom is 0.195 e. The number of halogens is 1. The van der Waals surface area contributed by atoms with Crippen LogP contribution in [0.3, 0.4) is 0 Å². The van der Waals surface area contributed by atoms with Gasteiger partial charge < -0.3 is 9.47 Å². The minimum atomic E-state index is -0.220. The van der Waals surface area contributed by atoms with E-state index in [1.54, 1.807) is 0 Å². The van der Waals surface area contributed by atoms with Crippen LogP contribution in [0.4, 0.5) is 4.39 Å². The maximum absolute atomic E-state index is 12.1. The molecule has 0 aliphatic carbocycles. The SMILES string of the molecule is F[C]1COCCOC1. The highest BCUT2D eigenvalue weighted by Gasteiger charge is 2.11. The molecule has 0 bridgehead atoms. The summed E-state index contributed by atoms with van der Waals surface area (Å²) in [4.78, 5) is 0. The molecule has 1 rings (SSSR count). The molecule has 8 heavy (non-hydrogen) atoms. The fourth-order valence-corrected chi connectivity index (χ4v) is 0.525. The van der Waals surface area contributed by atoms with E-state index in [0.717, 1.165) is 0 Å². The van der Waals surface area contributed by atoms with Crippen molar-refractivity contribution in [2.75, 3.05) is 26.4 Å². The summed E-state index contributed by atoms with van der Waals surface area (Å²) in [6.07, 6.45) is -0.220. The molecule has 0 aromatic heterocycles. The molecule has 47 valence electrons. The highest BCUT2D eigenvalue weighted by molar-refractivity contribution is 4.75. The third-order valence-corrected chi connectivity index (χ3v) is 0.889. The van der Waals surface area contributed by atoms with Gasteiger partial charge in [-0.3, -0.25) is 0 Å². The molecule has 0 spiro atoms. The Morgan fingerprint density at radius 1 is 1.12 bits per heavy atom. The Kier molecular flexibility index (Phi) is 2.24. The van der Waals surface area contributed by atoms with Crippen LogP contribution in [0.2, 0.25) is 0 Å². The van der Waals surface area contributed by atoms with Gasteiger partial charge in [0.05, 0.1) is 26.4 Å². The van der Waals surface area contributed by atoms with E-state index in [2.05, 4.69) is 0 Å². The number of hydrogen-bond donors (Lipinski definition) is 0. The van der Waals surface area contributed by atoms with E-state index in [0.29, 0.717) is 13.2 Å². The molecule has 0 aromatic carbocycles. The Balaban J connectivity index is 2.17. The molecule has 1 fully saturated rings. The van der Waals surface area contributed by atoms with E-state index in [-0.39, 0.29) is 19.4 Å². The summed E-state index contributed by atoms with van der Waals surface area (Å²) in [5.41, 5.74) is 0. The molecule has 0 N–H and O–H groups in total. The van der Waals surface area contributed by atoms with Gasteiger partial charge in [-0.1, -0.05) is 0 Å². The van der Waals surface area contributed by atoms with Gasteiger partial charge in [0.2, 0.25) is 0 Å². The number of ether oxygens (including phenoxy) is 2. The van der Waals surface area contributed by atoms with Gasteiger partial charge in [-0.15, -0.1) is 0 Å². The predicted molar refractivity (Wildman–Crippen MR) is 26.0 cm³/mol. The van der Waals surface area contributed by atoms with Gasteiger partial charge in [-0.25, -0.2) is 4.39 Å². The van der Waals surface area contributed by atoms with Crippen LogP contribution >= 0.6 is 0 Å². The molecule has 3 heteroatoms. The second-order valence-electron chi connectivity index (χ2n) is 1.62. The van der Waals surface area contributed by atoms with Crippen molar-refractivity contribution in [3.05, 3.63) is 6.17 Å². The average Bonchev–Trinajstić information content (AvgIpc) is 1.94. The summed E-state index contributed by atoms with van der Waals surface area (Å²) >= 11 is 0. The van der Waals surface area contributed by atoms with Crippen LogP contribution in [0.1, 0.15) is 0 Å². The van der Waals surface area contributed by atoms with Gasteiger partial charge >= 0.3 is 0 Å². The Morgan fingerprint density at radius 3 is 2.12 bits per heavy atom. The van der Waals surface area contributed by atoms with Gasteiger partial charge in [0.15, 0.2) is 6.17 Å². The largest absolute Gasteiger partial charge is 0.376 e. The summed E-state index contributed by atoms with van der Waals surface area (Å²) in [5.74, 6) is 0. The van der Waals surface area contributed by atoms with Crippen molar-refractivity contribution >= 4 is 0 Å². The quantitative estimate of drug-likeness (QED) is 0.463. The molecule has 1 radical (unpaired) electrons. The molecular weight excluding hydrogens is 111 g/mol. The monoisotopic (exact) mass is 119 g/mol. The van der Waals surface area contributed by atoms with Crippen LogP contribution in [-0.2, 0) is 9.47 Å². The first-order valence-electron chi connectivity index (χ1n) is 2.55. The average molecular weight is 119 g/mol. The second-order valence-corrected chi connectivity index (χ2v) is 1.62. The van der Waals surface area contributed by atoms with E-state index < -0.39 is 0 Å². The van der Waals surface area contributed by atoms with E-state index in [1.807, 2.05) is 0 Å². The molecular formula is C5H8FO2. The third-order valence-electron chi connectivity index (χ3n) is 0.889. The van der Waals surface area contributed by atoms with Crippen LogP contribution in [0, 0.1) is 6.17 Å². The van der Waals surface area contributed by atoms with E-state index >= 15 is 0 Å². The summed E-state index contributed by atoms with van der Waals surface area (Å²) in [7, 11) is 0. The molecule has 1 aliphatic rings. The minimum absolute atomic E-state index is 0.111. The fraction of sp³-hybridized carbons (Fsp3) is 0.800. The van der Waals surface area contributed by atoms with Crippen molar-refractivity contribution in [1.82, 2.24) is 0 Å². The van der Waals surface area contributed by atoms with Crippen LogP contribution in [-0.4, -0.2) is 26.4 Å². The van der Waals surface area contributed by atoms with Gasteiger partial charge in [-0.2, -0.15) is 0 Å². The summed E-state index contributed by atoms with van der Waals surface area (Å²) in [6.45, 7) is 1.24. The van der Waals surface area contributed by atoms with E-state index in [9.17, 15) is 4.39 Å². The zero-order valence-corrected chi connectivity index (χ0v) is 4.52. The molecule has 0 amide bonds. The topological polar surface area (TPSA) is 18.5 Å². The molecule has 0 aromatic rings. The lowest BCUT2D eigenvalue weighted by Crippen LogP contribution is -2.02. The third kappa shape index (κ3) is 1.76. The lowest BCUT2D eigenvalue weighted by Gasteiger charge is -1.97. The smallest absolute Gasteiger partial charge is 0.195 e. The van der Waals surface area contributed by atoms with Crippen molar-refractivity contribution < 1.29 is 13.9 Å². The highest BCUT2D eigenvalue weighted by Crippen LogP contribution is 2.05. The second kappa shape index (κ2) is 2.99. The van der Waals surface area contributed by atoms with Crippen molar-refractivity contribution in [2.24, 2.45) is 0 Å². The van der Waals surface area contributed by atoms with Gasteiger partial charge in [0.1, 0.15) is 0 Å². The Hall–Kier alpha value is -0.150. The Bertz CT molecular complexity index is 59.4. The molecule has 1 aliphatic heterocycles. The maximum atomic E-state index is 12.1. The van der Waals surface area contributed by atoms with Crippen molar-refractivity contribution in [1.29, 1.82) is 0 Å². The first-order chi connectivity index (χ1) is 3.89. The van der Waals surface area contributed by atoms with E-state index in [1.165, 1.54) is 0 Å². The van der Waals surface area contributed by atoms with Crippen LogP contribution in [0.25, 0.3) is 0 Å². The first-order valence-corrected chi connectivity index (χ1v) is 2.55. The fourth-order valence-electron chi connectivity index (χ4n) is 0.525. The van der Waals surface area contributed by atoms with Crippen LogP contribution < -0.4 is 0 Å². The molecule has 0 unspecified atom stereocenters. The van der Waals surface area contributed by atoms with Crippen LogP contribution in [0.15, 0.2) is 0 Å². The van der Waals surface area contributed by atoms with Crippen molar-refractivity contribution in [3.8, 4) is 0 Å². The highest BCUT2D eigenvalue weighted by atomic mass is 19.1. The normalized spacial score (nSPS) is 25.1. The van der Waals surface area contributed by atoms with Gasteiger partial charge in [-0.05, 0) is 0 Å². The lowest BCUT2D eigenvalue weighted by molar-refractivity contribution is 0.103. The molecule has 0 saturated carbocycles. The van der Waals surface area contributed by atoms with Gasteiger partial charge in [0, 0.05) is 0 Å².